The van der Waals surface area contributed by atoms with Crippen LogP contribution < -0.4 is 10.1 Å². The number of nitrogens with one attached hydrogen (secondary N) is 1. The second-order valence-corrected chi connectivity index (χ2v) is 5.50. The zero-order valence-corrected chi connectivity index (χ0v) is 12.8. The van der Waals surface area contributed by atoms with Crippen molar-refractivity contribution in [2.75, 3.05) is 0 Å². The fourth-order valence-corrected chi connectivity index (χ4v) is 1.82. The molecule has 108 valence electrons. The largest absolute Gasteiger partial charge is 0.485 e. The second-order valence-electron chi connectivity index (χ2n) is 4.68. The first-order valence-corrected chi connectivity index (χ1v) is 7.06. The summed E-state index contributed by atoms with van der Waals surface area (Å²) in [5, 5.41) is 8.20. The molecule has 4 nitrogen and oxygen atoms in total. The Hall–Kier alpha value is -1.23. The molecule has 0 spiro atoms. The van der Waals surface area contributed by atoms with E-state index < -0.39 is 0 Å². The fourth-order valence-electron chi connectivity index (χ4n) is 1.54. The van der Waals surface area contributed by atoms with E-state index in [0.29, 0.717) is 40.7 Å². The van der Waals surface area contributed by atoms with Crippen molar-refractivity contribution in [1.29, 1.82) is 0 Å². The number of aromatic nitrogens is 1. The Labute approximate surface area is 128 Å². The van der Waals surface area contributed by atoms with Gasteiger partial charge in [0.25, 0.3) is 0 Å². The standard InChI is InChI=1S/C14H16Cl2N2O2/c1-9(2)17-7-10-5-12(20-18-10)8-19-11-3-4-13(15)14(16)6-11/h3-6,9,17H,7-8H2,1-2H3. The average molecular weight is 315 g/mol. The van der Waals surface area contributed by atoms with E-state index in [9.17, 15) is 0 Å². The molecule has 2 aromatic rings. The Bertz CT molecular complexity index is 570. The van der Waals surface area contributed by atoms with Gasteiger partial charge in [-0.3, -0.25) is 0 Å². The predicted molar refractivity (Wildman–Crippen MR) is 79.3 cm³/mol. The van der Waals surface area contributed by atoms with Crippen LogP contribution in [0.25, 0.3) is 0 Å². The van der Waals surface area contributed by atoms with Crippen molar-refractivity contribution in [2.45, 2.75) is 33.0 Å². The molecule has 20 heavy (non-hydrogen) atoms. The number of hydrogen-bond acceptors (Lipinski definition) is 4. The van der Waals surface area contributed by atoms with Crippen molar-refractivity contribution in [3.8, 4) is 5.75 Å². The highest BCUT2D eigenvalue weighted by atomic mass is 35.5. The van der Waals surface area contributed by atoms with E-state index in [2.05, 4.69) is 24.3 Å². The Balaban J connectivity index is 1.89. The topological polar surface area (TPSA) is 47.3 Å². The molecule has 0 aliphatic heterocycles. The molecule has 0 aliphatic carbocycles. The van der Waals surface area contributed by atoms with E-state index in [1.807, 2.05) is 6.07 Å². The molecule has 0 radical (unpaired) electrons. The van der Waals surface area contributed by atoms with Gasteiger partial charge in [-0.2, -0.15) is 0 Å². The fraction of sp³-hybridized carbons (Fsp3) is 0.357. The molecule has 0 bridgehead atoms. The molecule has 6 heteroatoms. The van der Waals surface area contributed by atoms with Crippen molar-refractivity contribution in [3.63, 3.8) is 0 Å². The third-order valence-electron chi connectivity index (χ3n) is 2.57. The Morgan fingerprint density at radius 1 is 1.25 bits per heavy atom. The van der Waals surface area contributed by atoms with E-state index >= 15 is 0 Å². The molecule has 0 saturated carbocycles. The van der Waals surface area contributed by atoms with Crippen LogP contribution in [-0.2, 0) is 13.2 Å². The van der Waals surface area contributed by atoms with Crippen molar-refractivity contribution in [1.82, 2.24) is 10.5 Å². The summed E-state index contributed by atoms with van der Waals surface area (Å²) in [5.74, 6) is 1.30. The summed E-state index contributed by atoms with van der Waals surface area (Å²) in [6, 6.07) is 7.39. The minimum atomic E-state index is 0.298. The van der Waals surface area contributed by atoms with Gasteiger partial charge in [0, 0.05) is 24.7 Å². The van der Waals surface area contributed by atoms with E-state index in [0.717, 1.165) is 5.69 Å². The lowest BCUT2D eigenvalue weighted by Crippen LogP contribution is -2.21. The van der Waals surface area contributed by atoms with Crippen LogP contribution >= 0.6 is 23.2 Å². The van der Waals surface area contributed by atoms with Gasteiger partial charge in [0.15, 0.2) is 5.76 Å². The molecule has 1 aromatic heterocycles. The van der Waals surface area contributed by atoms with Crippen LogP contribution in [0.3, 0.4) is 0 Å². The molecule has 1 heterocycles. The highest BCUT2D eigenvalue weighted by Gasteiger charge is 2.06. The second kappa shape index (κ2) is 6.97. The predicted octanol–water partition coefficient (Wildman–Crippen LogP) is 4.06. The molecule has 0 saturated heterocycles. The van der Waals surface area contributed by atoms with Crippen molar-refractivity contribution in [3.05, 3.63) is 45.8 Å². The Morgan fingerprint density at radius 2 is 2.05 bits per heavy atom. The zero-order valence-electron chi connectivity index (χ0n) is 11.3. The van der Waals surface area contributed by atoms with Gasteiger partial charge in [-0.25, -0.2) is 0 Å². The highest BCUT2D eigenvalue weighted by molar-refractivity contribution is 6.42. The summed E-state index contributed by atoms with van der Waals surface area (Å²) in [4.78, 5) is 0. The van der Waals surface area contributed by atoms with Crippen LogP contribution in [0.2, 0.25) is 10.0 Å². The van der Waals surface area contributed by atoms with E-state index in [-0.39, 0.29) is 0 Å². The molecule has 1 aromatic carbocycles. The van der Waals surface area contributed by atoms with E-state index in [4.69, 9.17) is 32.5 Å². The molecule has 1 N–H and O–H groups in total. The summed E-state index contributed by atoms with van der Waals surface area (Å²) < 4.78 is 10.8. The van der Waals surface area contributed by atoms with Crippen molar-refractivity contribution < 1.29 is 9.26 Å². The molecule has 2 rings (SSSR count). The van der Waals surface area contributed by atoms with Crippen LogP contribution in [0, 0.1) is 0 Å². The van der Waals surface area contributed by atoms with Crippen LogP contribution in [0.15, 0.2) is 28.8 Å². The van der Waals surface area contributed by atoms with Gasteiger partial charge in [0.2, 0.25) is 0 Å². The van der Waals surface area contributed by atoms with Gasteiger partial charge in [0.1, 0.15) is 12.4 Å². The van der Waals surface area contributed by atoms with Gasteiger partial charge in [-0.15, -0.1) is 0 Å². The van der Waals surface area contributed by atoms with Gasteiger partial charge >= 0.3 is 0 Å². The molecular formula is C14H16Cl2N2O2. The molecule has 0 aliphatic rings. The minimum absolute atomic E-state index is 0.298. The smallest absolute Gasteiger partial charge is 0.174 e. The number of hydrogen-bond donors (Lipinski definition) is 1. The molecule has 0 atom stereocenters. The van der Waals surface area contributed by atoms with Crippen molar-refractivity contribution in [2.24, 2.45) is 0 Å². The first-order chi connectivity index (χ1) is 9.54. The first-order valence-electron chi connectivity index (χ1n) is 6.30. The lowest BCUT2D eigenvalue weighted by atomic mass is 10.3. The van der Waals surface area contributed by atoms with Crippen LogP contribution in [0.4, 0.5) is 0 Å². The molecule has 0 amide bonds. The van der Waals surface area contributed by atoms with Gasteiger partial charge in [0.05, 0.1) is 15.7 Å². The van der Waals surface area contributed by atoms with Crippen LogP contribution in [0.1, 0.15) is 25.3 Å². The summed E-state index contributed by atoms with van der Waals surface area (Å²) >= 11 is 11.8. The van der Waals surface area contributed by atoms with E-state index in [1.54, 1.807) is 18.2 Å². The van der Waals surface area contributed by atoms with Gasteiger partial charge < -0.3 is 14.6 Å². The van der Waals surface area contributed by atoms with Crippen LogP contribution in [0.5, 0.6) is 5.75 Å². The zero-order chi connectivity index (χ0) is 14.5. The SMILES string of the molecule is CC(C)NCc1cc(COc2ccc(Cl)c(Cl)c2)on1. The van der Waals surface area contributed by atoms with E-state index in [1.165, 1.54) is 0 Å². The Morgan fingerprint density at radius 3 is 2.75 bits per heavy atom. The third-order valence-corrected chi connectivity index (χ3v) is 3.31. The van der Waals surface area contributed by atoms with Gasteiger partial charge in [-0.05, 0) is 12.1 Å². The lowest BCUT2D eigenvalue weighted by Gasteiger charge is -2.04. The number of ether oxygens (including phenoxy) is 1. The molecule has 0 fully saturated rings. The van der Waals surface area contributed by atoms with Gasteiger partial charge in [-0.1, -0.05) is 42.2 Å². The monoisotopic (exact) mass is 314 g/mol. The summed E-state index contributed by atoms with van der Waals surface area (Å²) in [6.07, 6.45) is 0. The molecular weight excluding hydrogens is 299 g/mol. The normalized spacial score (nSPS) is 11.1. The minimum Gasteiger partial charge on any atom is -0.485 e. The maximum Gasteiger partial charge on any atom is 0.174 e. The number of rotatable bonds is 6. The lowest BCUT2D eigenvalue weighted by molar-refractivity contribution is 0.248. The maximum atomic E-state index is 5.91. The summed E-state index contributed by atoms with van der Waals surface area (Å²) in [7, 11) is 0. The van der Waals surface area contributed by atoms with Crippen LogP contribution in [-0.4, -0.2) is 11.2 Å². The summed E-state index contributed by atoms with van der Waals surface area (Å²) in [5.41, 5.74) is 0.853. The Kier molecular flexibility index (Phi) is 5.29. The number of benzene rings is 1. The first kappa shape index (κ1) is 15.2. The van der Waals surface area contributed by atoms with Crippen molar-refractivity contribution >= 4 is 23.2 Å². The number of nitrogens with zero attached hydrogens (tertiary/aromatic N) is 1. The quantitative estimate of drug-likeness (QED) is 0.873. The highest BCUT2D eigenvalue weighted by Crippen LogP contribution is 2.26. The third kappa shape index (κ3) is 4.40. The number of halogens is 2. The maximum absolute atomic E-state index is 5.91. The molecule has 0 unspecified atom stereocenters. The summed E-state index contributed by atoms with van der Waals surface area (Å²) in [6.45, 7) is 5.13. The average Bonchev–Trinajstić information content (AvgIpc) is 2.86.